The molecule has 0 aliphatic heterocycles. The van der Waals surface area contributed by atoms with Crippen molar-refractivity contribution < 1.29 is 9.18 Å². The van der Waals surface area contributed by atoms with E-state index in [-0.39, 0.29) is 11.6 Å². The fraction of sp³-hybridized carbons (Fsp3) is 0.231. The van der Waals surface area contributed by atoms with Crippen LogP contribution in [0.25, 0.3) is 0 Å². The molecule has 1 N–H and O–H groups in total. The molecule has 0 spiro atoms. The van der Waals surface area contributed by atoms with E-state index in [9.17, 15) is 9.18 Å². The van der Waals surface area contributed by atoms with Gasteiger partial charge in [0.25, 0.3) is 5.91 Å². The van der Waals surface area contributed by atoms with Gasteiger partial charge < -0.3 is 5.32 Å². The predicted octanol–water partition coefficient (Wildman–Crippen LogP) is 3.08. The predicted molar refractivity (Wildman–Crippen MR) is 69.1 cm³/mol. The molecule has 1 amide bonds. The quantitative estimate of drug-likeness (QED) is 0.925. The molecule has 0 saturated carbocycles. The molecule has 1 atom stereocenters. The van der Waals surface area contributed by atoms with Gasteiger partial charge in [0.05, 0.1) is 11.6 Å². The van der Waals surface area contributed by atoms with E-state index in [2.05, 4.69) is 10.3 Å². The number of carbonyl (C=O) groups excluding carboxylic acids is 1. The number of aryl methyl sites for hydroxylation is 1. The number of benzene rings is 1. The van der Waals surface area contributed by atoms with E-state index in [1.54, 1.807) is 18.3 Å². The van der Waals surface area contributed by atoms with Gasteiger partial charge in [-0.2, -0.15) is 0 Å². The number of nitrogens with one attached hydrogen (secondary N) is 1. The molecule has 2 aromatic rings. The third kappa shape index (κ3) is 2.73. The number of rotatable bonds is 3. The Morgan fingerprint density at radius 1 is 1.44 bits per heavy atom. The summed E-state index contributed by atoms with van der Waals surface area (Å²) in [5.41, 5.74) is 0.0534. The van der Waals surface area contributed by atoms with Crippen LogP contribution >= 0.6 is 11.3 Å². The fourth-order valence-corrected chi connectivity index (χ4v) is 2.33. The van der Waals surface area contributed by atoms with Crippen LogP contribution in [-0.2, 0) is 0 Å². The second kappa shape index (κ2) is 5.27. The summed E-state index contributed by atoms with van der Waals surface area (Å²) >= 11 is 1.52. The molecule has 0 bridgehead atoms. The highest BCUT2D eigenvalue weighted by molar-refractivity contribution is 7.11. The van der Waals surface area contributed by atoms with Crippen molar-refractivity contribution in [3.63, 3.8) is 0 Å². The van der Waals surface area contributed by atoms with Gasteiger partial charge >= 0.3 is 0 Å². The molecule has 1 aromatic heterocycles. The third-order valence-electron chi connectivity index (χ3n) is 2.48. The summed E-state index contributed by atoms with van der Waals surface area (Å²) in [5, 5.41) is 3.55. The van der Waals surface area contributed by atoms with E-state index < -0.39 is 11.7 Å². The third-order valence-corrected chi connectivity index (χ3v) is 3.57. The fourth-order valence-electron chi connectivity index (χ4n) is 1.55. The summed E-state index contributed by atoms with van der Waals surface area (Å²) in [5.74, 6) is -0.939. The summed E-state index contributed by atoms with van der Waals surface area (Å²) < 4.78 is 13.4. The number of amides is 1. The number of hydrogen-bond donors (Lipinski definition) is 1. The van der Waals surface area contributed by atoms with Crippen molar-refractivity contribution in [3.8, 4) is 0 Å². The molecule has 0 fully saturated rings. The minimum absolute atomic E-state index is 0.0534. The number of hydrogen-bond acceptors (Lipinski definition) is 3. The normalized spacial score (nSPS) is 12.2. The number of nitrogens with zero attached hydrogens (tertiary/aromatic N) is 1. The van der Waals surface area contributed by atoms with Crippen molar-refractivity contribution in [1.29, 1.82) is 0 Å². The molecule has 0 aliphatic rings. The second-order valence-corrected chi connectivity index (χ2v) is 5.25. The Bertz CT molecular complexity index is 568. The number of carbonyl (C=O) groups is 1. The lowest BCUT2D eigenvalue weighted by molar-refractivity contribution is 0.0936. The zero-order chi connectivity index (χ0) is 13.1. The van der Waals surface area contributed by atoms with Crippen LogP contribution in [0.5, 0.6) is 0 Å². The monoisotopic (exact) mass is 264 g/mol. The zero-order valence-corrected chi connectivity index (χ0v) is 10.9. The highest BCUT2D eigenvalue weighted by atomic mass is 32.1. The minimum atomic E-state index is -0.516. The largest absolute Gasteiger partial charge is 0.343 e. The van der Waals surface area contributed by atoms with Crippen molar-refractivity contribution in [2.75, 3.05) is 0 Å². The van der Waals surface area contributed by atoms with Crippen LogP contribution in [0.15, 0.2) is 30.5 Å². The van der Waals surface area contributed by atoms with Crippen molar-refractivity contribution in [2.45, 2.75) is 19.9 Å². The Hall–Kier alpha value is -1.75. The lowest BCUT2D eigenvalue weighted by atomic mass is 10.2. The Morgan fingerprint density at radius 2 is 2.17 bits per heavy atom. The summed E-state index contributed by atoms with van der Waals surface area (Å²) in [6, 6.07) is 5.70. The first-order valence-electron chi connectivity index (χ1n) is 5.55. The number of thiazole rings is 1. The van der Waals surface area contributed by atoms with Gasteiger partial charge in [-0.1, -0.05) is 12.1 Å². The van der Waals surface area contributed by atoms with E-state index in [1.165, 1.54) is 23.5 Å². The lowest BCUT2D eigenvalue weighted by Gasteiger charge is -2.11. The molecule has 18 heavy (non-hydrogen) atoms. The van der Waals surface area contributed by atoms with Crippen molar-refractivity contribution in [1.82, 2.24) is 10.3 Å². The summed E-state index contributed by atoms with van der Waals surface area (Å²) in [7, 11) is 0. The topological polar surface area (TPSA) is 42.0 Å². The van der Waals surface area contributed by atoms with Crippen molar-refractivity contribution in [2.24, 2.45) is 0 Å². The SMILES string of the molecule is Cc1cnc(C(C)NC(=O)c2ccccc2F)s1. The van der Waals surface area contributed by atoms with E-state index in [4.69, 9.17) is 0 Å². The van der Waals surface area contributed by atoms with Gasteiger partial charge in [-0.05, 0) is 26.0 Å². The molecule has 3 nitrogen and oxygen atoms in total. The Kier molecular flexibility index (Phi) is 3.72. The van der Waals surface area contributed by atoms with Crippen LogP contribution < -0.4 is 5.32 Å². The molecule has 94 valence electrons. The highest BCUT2D eigenvalue weighted by Gasteiger charge is 2.16. The number of aromatic nitrogens is 1. The number of halogens is 1. The molecule has 0 saturated heterocycles. The molecule has 1 heterocycles. The zero-order valence-electron chi connectivity index (χ0n) is 10.1. The van der Waals surface area contributed by atoms with Gasteiger partial charge in [0.1, 0.15) is 10.8 Å². The van der Waals surface area contributed by atoms with Crippen LogP contribution in [0.4, 0.5) is 4.39 Å². The van der Waals surface area contributed by atoms with E-state index in [0.29, 0.717) is 0 Å². The molecular weight excluding hydrogens is 251 g/mol. The van der Waals surface area contributed by atoms with E-state index >= 15 is 0 Å². The standard InChI is InChI=1S/C13H13FN2OS/c1-8-7-15-13(18-8)9(2)16-12(17)10-5-3-4-6-11(10)14/h3-7,9H,1-2H3,(H,16,17). The molecular formula is C13H13FN2OS. The average molecular weight is 264 g/mol. The summed E-state index contributed by atoms with van der Waals surface area (Å²) in [4.78, 5) is 17.2. The van der Waals surface area contributed by atoms with E-state index in [0.717, 1.165) is 9.88 Å². The first-order chi connectivity index (χ1) is 8.58. The Morgan fingerprint density at radius 3 is 2.78 bits per heavy atom. The second-order valence-electron chi connectivity index (χ2n) is 3.98. The Balaban J connectivity index is 2.10. The molecule has 0 aliphatic carbocycles. The molecule has 1 unspecified atom stereocenters. The average Bonchev–Trinajstić information content (AvgIpc) is 2.76. The van der Waals surface area contributed by atoms with Crippen LogP contribution in [-0.4, -0.2) is 10.9 Å². The van der Waals surface area contributed by atoms with Crippen molar-refractivity contribution in [3.05, 3.63) is 51.7 Å². The lowest BCUT2D eigenvalue weighted by Crippen LogP contribution is -2.27. The molecule has 5 heteroatoms. The van der Waals surface area contributed by atoms with Gasteiger partial charge in [0.2, 0.25) is 0 Å². The van der Waals surface area contributed by atoms with Gasteiger partial charge in [0, 0.05) is 11.1 Å². The van der Waals surface area contributed by atoms with Gasteiger partial charge in [0.15, 0.2) is 0 Å². The van der Waals surface area contributed by atoms with Crippen LogP contribution in [0, 0.1) is 12.7 Å². The first-order valence-corrected chi connectivity index (χ1v) is 6.37. The van der Waals surface area contributed by atoms with Crippen LogP contribution in [0.3, 0.4) is 0 Å². The molecule has 0 radical (unpaired) electrons. The smallest absolute Gasteiger partial charge is 0.254 e. The maximum atomic E-state index is 13.4. The maximum Gasteiger partial charge on any atom is 0.254 e. The summed E-state index contributed by atoms with van der Waals surface area (Å²) in [6.45, 7) is 3.78. The van der Waals surface area contributed by atoms with Crippen LogP contribution in [0.2, 0.25) is 0 Å². The molecule has 1 aromatic carbocycles. The van der Waals surface area contributed by atoms with Crippen LogP contribution in [0.1, 0.15) is 33.2 Å². The van der Waals surface area contributed by atoms with Gasteiger partial charge in [-0.3, -0.25) is 4.79 Å². The Labute approximate surface area is 109 Å². The van der Waals surface area contributed by atoms with Crippen molar-refractivity contribution >= 4 is 17.2 Å². The highest BCUT2D eigenvalue weighted by Crippen LogP contribution is 2.19. The van der Waals surface area contributed by atoms with Gasteiger partial charge in [-0.15, -0.1) is 11.3 Å². The molecule has 2 rings (SSSR count). The minimum Gasteiger partial charge on any atom is -0.343 e. The van der Waals surface area contributed by atoms with E-state index in [1.807, 2.05) is 13.8 Å². The maximum absolute atomic E-state index is 13.4. The van der Waals surface area contributed by atoms with Gasteiger partial charge in [-0.25, -0.2) is 9.37 Å². The first kappa shape index (κ1) is 12.7. The summed E-state index contributed by atoms with van der Waals surface area (Å²) in [6.07, 6.45) is 1.76.